The first-order valence-corrected chi connectivity index (χ1v) is 11.5. The van der Waals surface area contributed by atoms with E-state index in [0.29, 0.717) is 10.6 Å². The van der Waals surface area contributed by atoms with Crippen LogP contribution < -0.4 is 5.43 Å². The smallest absolute Gasteiger partial charge is 0.269 e. The number of nitrogens with zero attached hydrogens (tertiary/aromatic N) is 1. The molecule has 0 saturated carbocycles. The van der Waals surface area contributed by atoms with Crippen molar-refractivity contribution in [1.29, 1.82) is 0 Å². The highest BCUT2D eigenvalue weighted by molar-refractivity contribution is 6.30. The molecule has 0 bridgehead atoms. The lowest BCUT2D eigenvalue weighted by Crippen LogP contribution is -2.44. The number of allylic oxidation sites excluding steroid dienone is 2. The first-order chi connectivity index (χ1) is 16.7. The summed E-state index contributed by atoms with van der Waals surface area (Å²) < 4.78 is 0. The van der Waals surface area contributed by atoms with Gasteiger partial charge in [-0.25, -0.2) is 0 Å². The van der Waals surface area contributed by atoms with Crippen LogP contribution in [-0.2, 0) is 0 Å². The summed E-state index contributed by atoms with van der Waals surface area (Å²) in [6, 6.07) is 37.3. The summed E-state index contributed by atoms with van der Waals surface area (Å²) in [7, 11) is 0. The molecule has 4 aromatic rings. The zero-order valence-electron chi connectivity index (χ0n) is 18.4. The second kappa shape index (κ2) is 9.82. The molecule has 0 radical (unpaired) electrons. The van der Waals surface area contributed by atoms with Crippen LogP contribution in [0.1, 0.15) is 33.1 Å². The fourth-order valence-corrected chi connectivity index (χ4v) is 4.23. The van der Waals surface area contributed by atoms with Gasteiger partial charge in [0.05, 0.1) is 11.7 Å². The van der Waals surface area contributed by atoms with Gasteiger partial charge in [-0.15, -0.1) is 0 Å². The van der Waals surface area contributed by atoms with E-state index >= 15 is 0 Å². The third-order valence-electron chi connectivity index (χ3n) is 5.81. The molecule has 0 saturated heterocycles. The fourth-order valence-electron chi connectivity index (χ4n) is 4.10. The van der Waals surface area contributed by atoms with Crippen LogP contribution in [0.15, 0.2) is 127 Å². The average molecular weight is 463 g/mol. The number of hydrogen-bond donors (Lipinski definition) is 1. The van der Waals surface area contributed by atoms with E-state index in [9.17, 15) is 4.79 Å². The monoisotopic (exact) mass is 462 g/mol. The van der Waals surface area contributed by atoms with E-state index in [0.717, 1.165) is 28.0 Å². The summed E-state index contributed by atoms with van der Waals surface area (Å²) >= 11 is 6.03. The Labute approximate surface area is 204 Å². The van der Waals surface area contributed by atoms with E-state index in [2.05, 4.69) is 54.0 Å². The maximum Gasteiger partial charge on any atom is 0.269 e. The van der Waals surface area contributed by atoms with Crippen molar-refractivity contribution in [2.45, 2.75) is 6.04 Å². The molecule has 1 aliphatic rings. The first-order valence-electron chi connectivity index (χ1n) is 11.1. The van der Waals surface area contributed by atoms with Crippen LogP contribution in [0, 0.1) is 0 Å². The molecular weight excluding hydrogens is 440 g/mol. The van der Waals surface area contributed by atoms with E-state index in [1.54, 1.807) is 24.3 Å². The number of carbonyl (C=O) groups excluding carboxylic acids is 1. The second-order valence-corrected chi connectivity index (χ2v) is 8.49. The molecule has 1 N–H and O–H groups in total. The third-order valence-corrected chi connectivity index (χ3v) is 6.07. The van der Waals surface area contributed by atoms with Gasteiger partial charge in [-0.3, -0.25) is 15.2 Å². The van der Waals surface area contributed by atoms with E-state index in [4.69, 9.17) is 11.6 Å². The average Bonchev–Trinajstić information content (AvgIpc) is 2.90. The Morgan fingerprint density at radius 2 is 1.26 bits per heavy atom. The van der Waals surface area contributed by atoms with Gasteiger partial charge < -0.3 is 0 Å². The Morgan fingerprint density at radius 1 is 0.706 bits per heavy atom. The predicted molar refractivity (Wildman–Crippen MR) is 139 cm³/mol. The zero-order valence-corrected chi connectivity index (χ0v) is 19.2. The van der Waals surface area contributed by atoms with Crippen LogP contribution in [0.4, 0.5) is 0 Å². The lowest BCUT2D eigenvalue weighted by Gasteiger charge is -2.37. The van der Waals surface area contributed by atoms with Crippen molar-refractivity contribution >= 4 is 28.8 Å². The molecular formula is C30H23ClN2O. The van der Waals surface area contributed by atoms with Gasteiger partial charge in [0, 0.05) is 10.6 Å². The number of rotatable bonds is 5. The molecule has 1 atom stereocenters. The van der Waals surface area contributed by atoms with E-state index in [-0.39, 0.29) is 11.9 Å². The number of benzene rings is 4. The molecule has 0 aliphatic carbocycles. The Morgan fingerprint density at radius 3 is 1.88 bits per heavy atom. The number of hydrogen-bond acceptors (Lipinski definition) is 2. The van der Waals surface area contributed by atoms with Crippen LogP contribution >= 0.6 is 11.6 Å². The van der Waals surface area contributed by atoms with Gasteiger partial charge in [-0.1, -0.05) is 103 Å². The molecule has 166 valence electrons. The lowest BCUT2D eigenvalue weighted by molar-refractivity contribution is 0.0837. The van der Waals surface area contributed by atoms with Crippen LogP contribution in [0.5, 0.6) is 0 Å². The zero-order chi connectivity index (χ0) is 23.3. The quantitative estimate of drug-likeness (QED) is 0.341. The van der Waals surface area contributed by atoms with Gasteiger partial charge in [0.15, 0.2) is 0 Å². The largest absolute Gasteiger partial charge is 0.273 e. The highest BCUT2D eigenvalue weighted by Gasteiger charge is 2.28. The topological polar surface area (TPSA) is 32.3 Å². The summed E-state index contributed by atoms with van der Waals surface area (Å²) in [5, 5.41) is 2.55. The fraction of sp³-hybridized carbons (Fsp3) is 0.0333. The van der Waals surface area contributed by atoms with E-state index in [1.165, 1.54) is 0 Å². The van der Waals surface area contributed by atoms with Crippen molar-refractivity contribution < 1.29 is 4.79 Å². The van der Waals surface area contributed by atoms with Crippen molar-refractivity contribution in [2.24, 2.45) is 0 Å². The maximum absolute atomic E-state index is 13.3. The second-order valence-electron chi connectivity index (χ2n) is 8.06. The van der Waals surface area contributed by atoms with Gasteiger partial charge >= 0.3 is 0 Å². The predicted octanol–water partition coefficient (Wildman–Crippen LogP) is 7.17. The Bertz CT molecular complexity index is 1330. The van der Waals surface area contributed by atoms with Crippen LogP contribution in [0.2, 0.25) is 5.02 Å². The Kier molecular flexibility index (Phi) is 6.28. The van der Waals surface area contributed by atoms with Gasteiger partial charge in [0.2, 0.25) is 0 Å². The lowest BCUT2D eigenvalue weighted by atomic mass is 9.92. The molecule has 1 amide bonds. The molecule has 1 aliphatic heterocycles. The number of hydrazine groups is 1. The van der Waals surface area contributed by atoms with Crippen molar-refractivity contribution in [1.82, 2.24) is 10.4 Å². The normalized spacial score (nSPS) is 15.3. The molecule has 4 heteroatoms. The van der Waals surface area contributed by atoms with Crippen molar-refractivity contribution in [3.63, 3.8) is 0 Å². The van der Waals surface area contributed by atoms with Gasteiger partial charge in [-0.2, -0.15) is 0 Å². The van der Waals surface area contributed by atoms with Gasteiger partial charge in [-0.05, 0) is 58.7 Å². The van der Waals surface area contributed by atoms with Crippen LogP contribution in [0.3, 0.4) is 0 Å². The van der Waals surface area contributed by atoms with Gasteiger partial charge in [0.1, 0.15) is 0 Å². The molecule has 0 spiro atoms. The van der Waals surface area contributed by atoms with Crippen molar-refractivity contribution in [2.75, 3.05) is 0 Å². The highest BCUT2D eigenvalue weighted by Crippen LogP contribution is 2.38. The van der Waals surface area contributed by atoms with E-state index < -0.39 is 0 Å². The molecule has 4 aromatic carbocycles. The summed E-state index contributed by atoms with van der Waals surface area (Å²) in [6.45, 7) is 0. The van der Waals surface area contributed by atoms with Gasteiger partial charge in [0.25, 0.3) is 5.91 Å². The minimum atomic E-state index is -0.201. The first kappa shape index (κ1) is 21.7. The standard InChI is InChI=1S/C30H23ClN2O/c31-27-18-16-25(17-19-27)30(34)32-33-28(23-12-6-2-7-13-23)20-26(22-10-4-1-5-11-22)21-29(33)24-14-8-3-9-15-24/h1-21,28H,(H,32,34). The van der Waals surface area contributed by atoms with Crippen LogP contribution in [-0.4, -0.2) is 10.9 Å². The summed E-state index contributed by atoms with van der Waals surface area (Å²) in [5.41, 5.74) is 8.94. The molecule has 0 aromatic heterocycles. The molecule has 0 fully saturated rings. The number of halogens is 1. The number of nitrogens with one attached hydrogen (secondary N) is 1. The van der Waals surface area contributed by atoms with Crippen LogP contribution in [0.25, 0.3) is 11.3 Å². The molecule has 3 nitrogen and oxygen atoms in total. The van der Waals surface area contributed by atoms with Crippen molar-refractivity contribution in [3.8, 4) is 0 Å². The molecule has 5 rings (SSSR count). The Balaban J connectivity index is 1.62. The van der Waals surface area contributed by atoms with E-state index in [1.807, 2.05) is 59.6 Å². The number of amides is 1. The SMILES string of the molecule is O=C(NN1C(c2ccccc2)=CC(c2ccccc2)=CC1c1ccccc1)c1ccc(Cl)cc1. The molecule has 34 heavy (non-hydrogen) atoms. The molecule has 1 unspecified atom stereocenters. The van der Waals surface area contributed by atoms with Crippen molar-refractivity contribution in [3.05, 3.63) is 155 Å². The third kappa shape index (κ3) is 4.66. The maximum atomic E-state index is 13.3. The molecule has 1 heterocycles. The minimum Gasteiger partial charge on any atom is -0.273 e. The summed E-state index contributed by atoms with van der Waals surface area (Å²) in [5.74, 6) is -0.198. The number of carbonyl (C=O) groups is 1. The minimum absolute atomic E-state index is 0.198. The highest BCUT2D eigenvalue weighted by atomic mass is 35.5. The summed E-state index contributed by atoms with van der Waals surface area (Å²) in [4.78, 5) is 13.3. The Hall–Kier alpha value is -4.08. The summed E-state index contributed by atoms with van der Waals surface area (Å²) in [6.07, 6.45) is 4.32.